The predicted molar refractivity (Wildman–Crippen MR) is 116 cm³/mol. The summed E-state index contributed by atoms with van der Waals surface area (Å²) >= 11 is 0. The maximum absolute atomic E-state index is 12.6. The van der Waals surface area contributed by atoms with Crippen LogP contribution in [-0.4, -0.2) is 68.3 Å². The Morgan fingerprint density at radius 3 is 1.97 bits per heavy atom. The molecule has 2 aromatic rings. The fraction of sp³-hybridized carbons (Fsp3) is 0.458. The standard InChI is InChI=1S/C24H31N3O3/c28-24(23-6-4-20(5-7-23)18-26-8-12-29-13-9-26)25-17-21-2-1-3-22(16-21)19-27-10-14-30-15-11-27/h1-7,16H,8-15,17-19H2,(H,25,28). The van der Waals surface area contributed by atoms with Crippen LogP contribution in [0.25, 0.3) is 0 Å². The van der Waals surface area contributed by atoms with Crippen LogP contribution in [0.5, 0.6) is 0 Å². The second-order valence-electron chi connectivity index (χ2n) is 7.98. The van der Waals surface area contributed by atoms with Crippen LogP contribution in [0.15, 0.2) is 48.5 Å². The Kier molecular flexibility index (Phi) is 7.48. The van der Waals surface area contributed by atoms with E-state index in [4.69, 9.17) is 9.47 Å². The Balaban J connectivity index is 1.27. The molecule has 0 saturated carbocycles. The molecule has 2 aliphatic heterocycles. The maximum atomic E-state index is 12.6. The number of ether oxygens (including phenoxy) is 2. The monoisotopic (exact) mass is 409 g/mol. The second kappa shape index (κ2) is 10.7. The maximum Gasteiger partial charge on any atom is 0.251 e. The van der Waals surface area contributed by atoms with E-state index in [-0.39, 0.29) is 5.91 Å². The minimum Gasteiger partial charge on any atom is -0.379 e. The van der Waals surface area contributed by atoms with E-state index in [1.165, 1.54) is 11.1 Å². The van der Waals surface area contributed by atoms with Crippen molar-refractivity contribution in [3.63, 3.8) is 0 Å². The van der Waals surface area contributed by atoms with Crippen LogP contribution in [0.3, 0.4) is 0 Å². The highest BCUT2D eigenvalue weighted by Gasteiger charge is 2.13. The van der Waals surface area contributed by atoms with E-state index >= 15 is 0 Å². The van der Waals surface area contributed by atoms with Gasteiger partial charge in [0.15, 0.2) is 0 Å². The molecule has 6 heteroatoms. The molecule has 1 amide bonds. The minimum absolute atomic E-state index is 0.0356. The minimum atomic E-state index is -0.0356. The highest BCUT2D eigenvalue weighted by atomic mass is 16.5. The first-order valence-electron chi connectivity index (χ1n) is 10.8. The quantitative estimate of drug-likeness (QED) is 0.761. The Labute approximate surface area is 178 Å². The van der Waals surface area contributed by atoms with Gasteiger partial charge in [-0.25, -0.2) is 0 Å². The van der Waals surface area contributed by atoms with E-state index < -0.39 is 0 Å². The molecule has 6 nitrogen and oxygen atoms in total. The van der Waals surface area contributed by atoms with Gasteiger partial charge in [0, 0.05) is 51.4 Å². The van der Waals surface area contributed by atoms with Gasteiger partial charge in [-0.15, -0.1) is 0 Å². The lowest BCUT2D eigenvalue weighted by atomic mass is 10.1. The zero-order valence-corrected chi connectivity index (χ0v) is 17.5. The lowest BCUT2D eigenvalue weighted by molar-refractivity contribution is 0.0341. The highest BCUT2D eigenvalue weighted by Crippen LogP contribution is 2.12. The summed E-state index contributed by atoms with van der Waals surface area (Å²) in [6.07, 6.45) is 0. The van der Waals surface area contributed by atoms with E-state index in [9.17, 15) is 4.79 Å². The van der Waals surface area contributed by atoms with Gasteiger partial charge < -0.3 is 14.8 Å². The van der Waals surface area contributed by atoms with Gasteiger partial charge in [-0.2, -0.15) is 0 Å². The zero-order valence-electron chi connectivity index (χ0n) is 17.5. The second-order valence-corrected chi connectivity index (χ2v) is 7.98. The smallest absolute Gasteiger partial charge is 0.251 e. The van der Waals surface area contributed by atoms with Crippen LogP contribution < -0.4 is 5.32 Å². The van der Waals surface area contributed by atoms with E-state index in [2.05, 4.69) is 39.4 Å². The molecular weight excluding hydrogens is 378 g/mol. The molecular formula is C24H31N3O3. The van der Waals surface area contributed by atoms with Crippen LogP contribution in [0.1, 0.15) is 27.0 Å². The van der Waals surface area contributed by atoms with Crippen molar-refractivity contribution in [3.8, 4) is 0 Å². The molecule has 0 aromatic heterocycles. The number of morpholine rings is 2. The van der Waals surface area contributed by atoms with E-state index in [1.807, 2.05) is 24.3 Å². The molecule has 0 radical (unpaired) electrons. The Morgan fingerprint density at radius 2 is 1.33 bits per heavy atom. The summed E-state index contributed by atoms with van der Waals surface area (Å²) in [4.78, 5) is 17.3. The topological polar surface area (TPSA) is 54.0 Å². The molecule has 0 spiro atoms. The number of rotatable bonds is 7. The molecule has 2 heterocycles. The fourth-order valence-corrected chi connectivity index (χ4v) is 3.92. The SMILES string of the molecule is O=C(NCc1cccc(CN2CCOCC2)c1)c1ccc(CN2CCOCC2)cc1. The van der Waals surface area contributed by atoms with Crippen LogP contribution in [0.4, 0.5) is 0 Å². The third kappa shape index (κ3) is 6.12. The lowest BCUT2D eigenvalue weighted by Gasteiger charge is -2.26. The number of hydrogen-bond donors (Lipinski definition) is 1. The predicted octanol–water partition coefficient (Wildman–Crippen LogP) is 2.28. The van der Waals surface area contributed by atoms with E-state index in [0.717, 1.165) is 71.3 Å². The molecule has 0 atom stereocenters. The summed E-state index contributed by atoms with van der Waals surface area (Å²) in [5, 5.41) is 3.05. The summed E-state index contributed by atoms with van der Waals surface area (Å²) in [6.45, 7) is 9.46. The molecule has 30 heavy (non-hydrogen) atoms. The Morgan fingerprint density at radius 1 is 0.767 bits per heavy atom. The third-order valence-electron chi connectivity index (χ3n) is 5.68. The van der Waals surface area contributed by atoms with Gasteiger partial charge in [-0.3, -0.25) is 14.6 Å². The van der Waals surface area contributed by atoms with Crippen LogP contribution >= 0.6 is 0 Å². The van der Waals surface area contributed by atoms with Gasteiger partial charge in [0.1, 0.15) is 0 Å². The van der Waals surface area contributed by atoms with Gasteiger partial charge in [-0.1, -0.05) is 36.4 Å². The van der Waals surface area contributed by atoms with E-state index in [1.54, 1.807) is 0 Å². The molecule has 0 aliphatic carbocycles. The average molecular weight is 410 g/mol. The van der Waals surface area contributed by atoms with Crippen LogP contribution in [-0.2, 0) is 29.1 Å². The molecule has 4 rings (SSSR count). The van der Waals surface area contributed by atoms with Crippen molar-refractivity contribution in [1.29, 1.82) is 0 Å². The number of amides is 1. The van der Waals surface area contributed by atoms with Gasteiger partial charge >= 0.3 is 0 Å². The number of nitrogens with zero attached hydrogens (tertiary/aromatic N) is 2. The Hall–Kier alpha value is -2.25. The Bertz CT molecular complexity index is 813. The number of nitrogens with one attached hydrogen (secondary N) is 1. The summed E-state index contributed by atoms with van der Waals surface area (Å²) in [5.74, 6) is -0.0356. The molecule has 0 unspecified atom stereocenters. The largest absolute Gasteiger partial charge is 0.379 e. The number of carbonyl (C=O) groups excluding carboxylic acids is 1. The van der Waals surface area contributed by atoms with Crippen molar-refractivity contribution in [2.45, 2.75) is 19.6 Å². The number of hydrogen-bond acceptors (Lipinski definition) is 5. The molecule has 1 N–H and O–H groups in total. The first-order chi connectivity index (χ1) is 14.8. The normalized spacial score (nSPS) is 18.3. The van der Waals surface area contributed by atoms with Crippen LogP contribution in [0.2, 0.25) is 0 Å². The first-order valence-corrected chi connectivity index (χ1v) is 10.8. The van der Waals surface area contributed by atoms with Crippen molar-refractivity contribution >= 4 is 5.91 Å². The van der Waals surface area contributed by atoms with Gasteiger partial charge in [0.25, 0.3) is 5.91 Å². The van der Waals surface area contributed by atoms with Crippen molar-refractivity contribution in [1.82, 2.24) is 15.1 Å². The van der Waals surface area contributed by atoms with Gasteiger partial charge in [0.2, 0.25) is 0 Å². The average Bonchev–Trinajstić information content (AvgIpc) is 2.80. The van der Waals surface area contributed by atoms with Crippen LogP contribution in [0, 0.1) is 0 Å². The molecule has 2 fully saturated rings. The lowest BCUT2D eigenvalue weighted by Crippen LogP contribution is -2.35. The molecule has 2 aromatic carbocycles. The molecule has 0 bridgehead atoms. The molecule has 2 aliphatic rings. The van der Waals surface area contributed by atoms with Crippen molar-refractivity contribution in [2.75, 3.05) is 52.6 Å². The van der Waals surface area contributed by atoms with Gasteiger partial charge in [-0.05, 0) is 28.8 Å². The molecule has 2 saturated heterocycles. The number of benzene rings is 2. The summed E-state index contributed by atoms with van der Waals surface area (Å²) < 4.78 is 10.8. The zero-order chi connectivity index (χ0) is 20.6. The summed E-state index contributed by atoms with van der Waals surface area (Å²) in [6, 6.07) is 16.4. The van der Waals surface area contributed by atoms with Crippen molar-refractivity contribution < 1.29 is 14.3 Å². The van der Waals surface area contributed by atoms with Crippen molar-refractivity contribution in [2.24, 2.45) is 0 Å². The van der Waals surface area contributed by atoms with E-state index in [0.29, 0.717) is 12.1 Å². The highest BCUT2D eigenvalue weighted by molar-refractivity contribution is 5.94. The number of carbonyl (C=O) groups is 1. The summed E-state index contributed by atoms with van der Waals surface area (Å²) in [5.41, 5.74) is 4.32. The first kappa shape index (κ1) is 21.0. The summed E-state index contributed by atoms with van der Waals surface area (Å²) in [7, 11) is 0. The third-order valence-corrected chi connectivity index (χ3v) is 5.68. The molecule has 160 valence electrons. The fourth-order valence-electron chi connectivity index (χ4n) is 3.92. The van der Waals surface area contributed by atoms with Gasteiger partial charge in [0.05, 0.1) is 26.4 Å². The van der Waals surface area contributed by atoms with Crippen molar-refractivity contribution in [3.05, 3.63) is 70.8 Å².